The van der Waals surface area contributed by atoms with Gasteiger partial charge >= 0.3 is 6.61 Å². The zero-order valence-electron chi connectivity index (χ0n) is 11.0. The van der Waals surface area contributed by atoms with Crippen LogP contribution < -0.4 is 15.8 Å². The lowest BCUT2D eigenvalue weighted by Crippen LogP contribution is -2.19. The number of carbonyl (C=O) groups is 1. The number of nitrogens with one attached hydrogen (secondary N) is 1. The largest absolute Gasteiger partial charge is 0.434 e. The molecule has 3 N–H and O–H groups in total. The third kappa shape index (κ3) is 5.65. The van der Waals surface area contributed by atoms with Gasteiger partial charge in [0.1, 0.15) is 5.75 Å². The molecule has 106 valence electrons. The molecule has 1 aromatic rings. The molecule has 1 rings (SSSR count). The van der Waals surface area contributed by atoms with Crippen molar-refractivity contribution in [2.45, 2.75) is 39.3 Å². The normalized spacial score (nSPS) is 12.3. The summed E-state index contributed by atoms with van der Waals surface area (Å²) in [6.07, 6.45) is 0.856. The number of ether oxygens (including phenoxy) is 1. The summed E-state index contributed by atoms with van der Waals surface area (Å²) in [6, 6.07) is 4.57. The molecule has 0 radical (unpaired) electrons. The van der Waals surface area contributed by atoms with E-state index in [9.17, 15) is 13.6 Å². The average molecular weight is 272 g/mol. The fourth-order valence-corrected chi connectivity index (χ4v) is 1.48. The first-order valence-corrected chi connectivity index (χ1v) is 5.99. The van der Waals surface area contributed by atoms with Crippen molar-refractivity contribution in [3.8, 4) is 5.75 Å². The summed E-state index contributed by atoms with van der Waals surface area (Å²) >= 11 is 0. The summed E-state index contributed by atoms with van der Waals surface area (Å²) in [5, 5.41) is 2.62. The standard InChI is InChI=1S/C13H18F2N2O2/c1-8-3-5-10(7-11(8)19-13(14)15)17-12(18)6-4-9(2)16/h3,5,7,9,13H,4,6,16H2,1-2H3,(H,17,18). The molecule has 0 aliphatic carbocycles. The molecule has 0 aromatic heterocycles. The van der Waals surface area contributed by atoms with Crippen LogP contribution >= 0.6 is 0 Å². The third-order valence-electron chi connectivity index (χ3n) is 2.51. The number of benzene rings is 1. The van der Waals surface area contributed by atoms with E-state index in [-0.39, 0.29) is 24.1 Å². The maximum Gasteiger partial charge on any atom is 0.387 e. The number of hydrogen-bond acceptors (Lipinski definition) is 3. The minimum atomic E-state index is -2.89. The molecule has 0 bridgehead atoms. The summed E-state index contributed by atoms with van der Waals surface area (Å²) in [6.45, 7) is 0.579. The highest BCUT2D eigenvalue weighted by atomic mass is 19.3. The van der Waals surface area contributed by atoms with Crippen molar-refractivity contribution in [2.75, 3.05) is 5.32 Å². The average Bonchev–Trinajstić information content (AvgIpc) is 2.30. The SMILES string of the molecule is Cc1ccc(NC(=O)CCC(C)N)cc1OC(F)F. The van der Waals surface area contributed by atoms with Gasteiger partial charge in [-0.1, -0.05) is 6.07 Å². The lowest BCUT2D eigenvalue weighted by molar-refractivity contribution is -0.116. The number of halogens is 2. The molecular formula is C13H18F2N2O2. The van der Waals surface area contributed by atoms with Gasteiger partial charge in [0.05, 0.1) is 0 Å². The molecule has 6 heteroatoms. The second-order valence-corrected chi connectivity index (χ2v) is 4.42. The van der Waals surface area contributed by atoms with Gasteiger partial charge in [-0.2, -0.15) is 8.78 Å². The van der Waals surface area contributed by atoms with Crippen LogP contribution in [0, 0.1) is 6.92 Å². The number of alkyl halides is 2. The fraction of sp³-hybridized carbons (Fsp3) is 0.462. The van der Waals surface area contributed by atoms with Crippen LogP contribution in [0.2, 0.25) is 0 Å². The van der Waals surface area contributed by atoms with E-state index in [1.165, 1.54) is 6.07 Å². The molecule has 1 atom stereocenters. The lowest BCUT2D eigenvalue weighted by Gasteiger charge is -2.11. The van der Waals surface area contributed by atoms with E-state index in [2.05, 4.69) is 10.1 Å². The zero-order valence-corrected chi connectivity index (χ0v) is 11.0. The van der Waals surface area contributed by atoms with Crippen molar-refractivity contribution in [2.24, 2.45) is 5.73 Å². The van der Waals surface area contributed by atoms with E-state index >= 15 is 0 Å². The number of aryl methyl sites for hydroxylation is 1. The molecule has 0 saturated carbocycles. The lowest BCUT2D eigenvalue weighted by atomic mass is 10.1. The summed E-state index contributed by atoms with van der Waals surface area (Å²) in [5.74, 6) is -0.149. The Bertz CT molecular complexity index is 437. The summed E-state index contributed by atoms with van der Waals surface area (Å²) < 4.78 is 28.7. The summed E-state index contributed by atoms with van der Waals surface area (Å²) in [4.78, 5) is 11.6. The molecule has 0 spiro atoms. The number of rotatable bonds is 6. The van der Waals surface area contributed by atoms with Gasteiger partial charge in [-0.25, -0.2) is 0 Å². The predicted molar refractivity (Wildman–Crippen MR) is 69.3 cm³/mol. The van der Waals surface area contributed by atoms with E-state index in [1.807, 2.05) is 6.92 Å². The minimum absolute atomic E-state index is 0.0542. The Labute approximate surface area is 110 Å². The highest BCUT2D eigenvalue weighted by molar-refractivity contribution is 5.90. The second-order valence-electron chi connectivity index (χ2n) is 4.42. The number of anilines is 1. The van der Waals surface area contributed by atoms with Gasteiger partial charge in [-0.3, -0.25) is 4.79 Å². The van der Waals surface area contributed by atoms with Crippen LogP contribution in [0.4, 0.5) is 14.5 Å². The monoisotopic (exact) mass is 272 g/mol. The number of amides is 1. The summed E-state index contributed by atoms with van der Waals surface area (Å²) in [7, 11) is 0. The van der Waals surface area contributed by atoms with Crippen LogP contribution in [0.3, 0.4) is 0 Å². The van der Waals surface area contributed by atoms with Crippen molar-refractivity contribution < 1.29 is 18.3 Å². The third-order valence-corrected chi connectivity index (χ3v) is 2.51. The van der Waals surface area contributed by atoms with E-state index < -0.39 is 6.61 Å². The molecular weight excluding hydrogens is 254 g/mol. The van der Waals surface area contributed by atoms with E-state index in [0.29, 0.717) is 17.7 Å². The molecule has 0 aliphatic heterocycles. The van der Waals surface area contributed by atoms with Crippen molar-refractivity contribution >= 4 is 11.6 Å². The first kappa shape index (κ1) is 15.4. The van der Waals surface area contributed by atoms with Crippen molar-refractivity contribution in [1.82, 2.24) is 0 Å². The minimum Gasteiger partial charge on any atom is -0.434 e. The first-order chi connectivity index (χ1) is 8.88. The Morgan fingerprint density at radius 1 is 1.47 bits per heavy atom. The Balaban J connectivity index is 2.66. The van der Waals surface area contributed by atoms with Crippen molar-refractivity contribution in [3.05, 3.63) is 23.8 Å². The highest BCUT2D eigenvalue weighted by Gasteiger charge is 2.10. The van der Waals surface area contributed by atoms with Crippen molar-refractivity contribution in [3.63, 3.8) is 0 Å². The topological polar surface area (TPSA) is 64.4 Å². The maximum atomic E-state index is 12.2. The number of nitrogens with two attached hydrogens (primary N) is 1. The fourth-order valence-electron chi connectivity index (χ4n) is 1.48. The molecule has 0 heterocycles. The Morgan fingerprint density at radius 3 is 2.74 bits per heavy atom. The van der Waals surface area contributed by atoms with Gasteiger partial charge < -0.3 is 15.8 Å². The number of hydrogen-bond donors (Lipinski definition) is 2. The van der Waals surface area contributed by atoms with Gasteiger partial charge in [0.15, 0.2) is 0 Å². The molecule has 1 aromatic carbocycles. The highest BCUT2D eigenvalue weighted by Crippen LogP contribution is 2.24. The molecule has 0 saturated heterocycles. The zero-order chi connectivity index (χ0) is 14.4. The maximum absolute atomic E-state index is 12.2. The van der Waals surface area contributed by atoms with Crippen LogP contribution in [-0.4, -0.2) is 18.6 Å². The van der Waals surface area contributed by atoms with Crippen LogP contribution in [-0.2, 0) is 4.79 Å². The second kappa shape index (κ2) is 7.04. The molecule has 1 amide bonds. The van der Waals surface area contributed by atoms with Gasteiger partial charge in [0.2, 0.25) is 5.91 Å². The molecule has 0 aliphatic rings. The Morgan fingerprint density at radius 2 is 2.16 bits per heavy atom. The quantitative estimate of drug-likeness (QED) is 0.836. The first-order valence-electron chi connectivity index (χ1n) is 5.99. The Kier molecular flexibility index (Phi) is 5.69. The van der Waals surface area contributed by atoms with E-state index in [0.717, 1.165) is 0 Å². The van der Waals surface area contributed by atoms with E-state index in [1.54, 1.807) is 19.1 Å². The molecule has 1 unspecified atom stereocenters. The predicted octanol–water partition coefficient (Wildman–Crippen LogP) is 2.66. The van der Waals surface area contributed by atoms with E-state index in [4.69, 9.17) is 5.73 Å². The van der Waals surface area contributed by atoms with Gasteiger partial charge in [-0.05, 0) is 31.9 Å². The van der Waals surface area contributed by atoms with Crippen molar-refractivity contribution in [1.29, 1.82) is 0 Å². The molecule has 4 nitrogen and oxygen atoms in total. The summed E-state index contributed by atoms with van der Waals surface area (Å²) in [5.41, 5.74) is 6.55. The Hall–Kier alpha value is -1.69. The molecule has 19 heavy (non-hydrogen) atoms. The van der Waals surface area contributed by atoms with Gasteiger partial charge in [0.25, 0.3) is 0 Å². The van der Waals surface area contributed by atoms with Crippen LogP contribution in [0.5, 0.6) is 5.75 Å². The molecule has 0 fully saturated rings. The van der Waals surface area contributed by atoms with Gasteiger partial charge in [-0.15, -0.1) is 0 Å². The smallest absolute Gasteiger partial charge is 0.387 e. The number of carbonyl (C=O) groups excluding carboxylic acids is 1. The van der Waals surface area contributed by atoms with Gasteiger partial charge in [0, 0.05) is 24.2 Å². The van der Waals surface area contributed by atoms with Crippen LogP contribution in [0.25, 0.3) is 0 Å². The van der Waals surface area contributed by atoms with Crippen LogP contribution in [0.1, 0.15) is 25.3 Å². The van der Waals surface area contributed by atoms with Crippen LogP contribution in [0.15, 0.2) is 18.2 Å².